The van der Waals surface area contributed by atoms with E-state index in [1.165, 1.54) is 6.26 Å². The first-order valence-electron chi connectivity index (χ1n) is 4.89. The first kappa shape index (κ1) is 12.4. The number of aryl methyl sites for hydroxylation is 1. The number of nitrogens with zero attached hydrogens (tertiary/aromatic N) is 1. The number of anilines is 1. The third-order valence-corrected chi connectivity index (χ3v) is 3.06. The molecule has 18 heavy (non-hydrogen) atoms. The molecule has 0 spiro atoms. The largest absolute Gasteiger partial charge is 0.478 e. The Kier molecular flexibility index (Phi) is 3.24. The molecule has 94 valence electrons. The van der Waals surface area contributed by atoms with Gasteiger partial charge in [0.2, 0.25) is 0 Å². The highest BCUT2D eigenvalue weighted by atomic mass is 32.2. The van der Waals surface area contributed by atoms with Crippen molar-refractivity contribution in [1.82, 2.24) is 4.98 Å². The van der Waals surface area contributed by atoms with Gasteiger partial charge in [0.15, 0.2) is 0 Å². The van der Waals surface area contributed by atoms with E-state index >= 15 is 0 Å². The second-order valence-corrected chi connectivity index (χ2v) is 4.53. The number of oxazole rings is 1. The van der Waals surface area contributed by atoms with Gasteiger partial charge in [-0.25, -0.2) is 14.2 Å². The summed E-state index contributed by atoms with van der Waals surface area (Å²) in [5.41, 5.74) is 6.06. The van der Waals surface area contributed by atoms with Crippen molar-refractivity contribution in [2.45, 2.75) is 17.0 Å². The van der Waals surface area contributed by atoms with Crippen LogP contribution in [-0.2, 0) is 0 Å². The predicted molar refractivity (Wildman–Crippen MR) is 63.1 cm³/mol. The fourth-order valence-corrected chi connectivity index (χ4v) is 2.11. The van der Waals surface area contributed by atoms with Gasteiger partial charge in [-0.05, 0) is 30.8 Å². The number of carboxylic acid groups (broad SMARTS) is 1. The number of carboxylic acids is 1. The normalized spacial score (nSPS) is 10.6. The van der Waals surface area contributed by atoms with E-state index in [4.69, 9.17) is 15.3 Å². The third kappa shape index (κ3) is 2.45. The molecule has 2 aromatic rings. The Morgan fingerprint density at radius 1 is 1.56 bits per heavy atom. The summed E-state index contributed by atoms with van der Waals surface area (Å²) in [6, 6.07) is 2.14. The lowest BCUT2D eigenvalue weighted by molar-refractivity contribution is 0.0692. The summed E-state index contributed by atoms with van der Waals surface area (Å²) >= 11 is 1.03. The summed E-state index contributed by atoms with van der Waals surface area (Å²) in [5, 5.41) is 9.06. The molecule has 1 aromatic carbocycles. The zero-order chi connectivity index (χ0) is 13.3. The maximum absolute atomic E-state index is 13.5. The third-order valence-electron chi connectivity index (χ3n) is 2.13. The molecule has 5 nitrogen and oxygen atoms in total. The number of benzene rings is 1. The van der Waals surface area contributed by atoms with Crippen molar-refractivity contribution in [2.24, 2.45) is 0 Å². The van der Waals surface area contributed by atoms with Crippen LogP contribution in [0.25, 0.3) is 0 Å². The number of aromatic carboxylic acids is 1. The van der Waals surface area contributed by atoms with Crippen LogP contribution in [0.2, 0.25) is 0 Å². The number of hydrogen-bond acceptors (Lipinski definition) is 5. The average molecular weight is 268 g/mol. The molecule has 0 bridgehead atoms. The van der Waals surface area contributed by atoms with Crippen molar-refractivity contribution >= 4 is 23.4 Å². The maximum Gasteiger partial charge on any atom is 0.338 e. The van der Waals surface area contributed by atoms with E-state index in [2.05, 4.69) is 4.98 Å². The molecule has 0 radical (unpaired) electrons. The van der Waals surface area contributed by atoms with Gasteiger partial charge in [0.1, 0.15) is 12.1 Å². The van der Waals surface area contributed by atoms with Gasteiger partial charge in [-0.3, -0.25) is 0 Å². The number of halogens is 1. The lowest BCUT2D eigenvalue weighted by Gasteiger charge is -2.05. The highest BCUT2D eigenvalue weighted by Crippen LogP contribution is 2.33. The van der Waals surface area contributed by atoms with Crippen LogP contribution in [0.4, 0.5) is 10.1 Å². The lowest BCUT2D eigenvalue weighted by Crippen LogP contribution is -2.03. The molecule has 0 amide bonds. The van der Waals surface area contributed by atoms with Crippen LogP contribution in [0.1, 0.15) is 16.1 Å². The van der Waals surface area contributed by atoms with Gasteiger partial charge in [-0.1, -0.05) is 0 Å². The van der Waals surface area contributed by atoms with Crippen molar-refractivity contribution in [3.63, 3.8) is 0 Å². The van der Waals surface area contributed by atoms with Gasteiger partial charge in [-0.15, -0.1) is 0 Å². The van der Waals surface area contributed by atoms with Crippen LogP contribution in [-0.4, -0.2) is 16.1 Å². The Balaban J connectivity index is 2.35. The second-order valence-electron chi connectivity index (χ2n) is 3.53. The van der Waals surface area contributed by atoms with Gasteiger partial charge in [0, 0.05) is 10.6 Å². The van der Waals surface area contributed by atoms with Crippen molar-refractivity contribution < 1.29 is 18.7 Å². The molecule has 1 heterocycles. The molecule has 1 aromatic heterocycles. The molecule has 0 atom stereocenters. The van der Waals surface area contributed by atoms with Crippen LogP contribution < -0.4 is 5.73 Å². The summed E-state index contributed by atoms with van der Waals surface area (Å²) in [6.45, 7) is 1.75. The van der Waals surface area contributed by atoms with Crippen LogP contribution in [0.15, 0.2) is 32.9 Å². The standard InChI is InChI=1S/C11H9FN2O3S/c1-5-4-17-11(14-5)18-9-3-7(12)6(10(15)16)2-8(9)13/h2-4H,13H2,1H3,(H,15,16). The first-order chi connectivity index (χ1) is 8.47. The minimum Gasteiger partial charge on any atom is -0.478 e. The summed E-state index contributed by atoms with van der Waals surface area (Å²) in [7, 11) is 0. The molecule has 0 saturated heterocycles. The van der Waals surface area contributed by atoms with Crippen molar-refractivity contribution in [3.05, 3.63) is 35.5 Å². The molecule has 0 saturated carbocycles. The zero-order valence-electron chi connectivity index (χ0n) is 9.31. The molecule has 0 aliphatic rings. The van der Waals surface area contributed by atoms with E-state index in [1.807, 2.05) is 0 Å². The van der Waals surface area contributed by atoms with E-state index < -0.39 is 17.3 Å². The number of aromatic nitrogens is 1. The van der Waals surface area contributed by atoms with E-state index in [9.17, 15) is 9.18 Å². The number of hydrogen-bond donors (Lipinski definition) is 2. The molecule has 7 heteroatoms. The maximum atomic E-state index is 13.5. The Hall–Kier alpha value is -2.02. The SMILES string of the molecule is Cc1coc(Sc2cc(F)c(C(=O)O)cc2N)n1. The Morgan fingerprint density at radius 2 is 2.28 bits per heavy atom. The van der Waals surface area contributed by atoms with Crippen molar-refractivity contribution in [1.29, 1.82) is 0 Å². The smallest absolute Gasteiger partial charge is 0.338 e. The van der Waals surface area contributed by atoms with Gasteiger partial charge >= 0.3 is 5.97 Å². The predicted octanol–water partition coefficient (Wildman–Crippen LogP) is 2.55. The van der Waals surface area contributed by atoms with E-state index in [-0.39, 0.29) is 5.69 Å². The summed E-state index contributed by atoms with van der Waals surface area (Å²) < 4.78 is 18.6. The van der Waals surface area contributed by atoms with Crippen molar-refractivity contribution in [3.8, 4) is 0 Å². The van der Waals surface area contributed by atoms with Crippen LogP contribution >= 0.6 is 11.8 Å². The molecule has 3 N–H and O–H groups in total. The number of nitrogens with two attached hydrogens (primary N) is 1. The highest BCUT2D eigenvalue weighted by molar-refractivity contribution is 7.99. The number of nitrogen functional groups attached to an aromatic ring is 1. The molecule has 0 aliphatic carbocycles. The van der Waals surface area contributed by atoms with Crippen LogP contribution in [0.3, 0.4) is 0 Å². The Bertz CT molecular complexity index is 612. The molecule has 0 unspecified atom stereocenters. The van der Waals surface area contributed by atoms with Crippen LogP contribution in [0.5, 0.6) is 0 Å². The van der Waals surface area contributed by atoms with Crippen molar-refractivity contribution in [2.75, 3.05) is 5.73 Å². The molecular weight excluding hydrogens is 259 g/mol. The second kappa shape index (κ2) is 4.69. The summed E-state index contributed by atoms with van der Waals surface area (Å²) in [5.74, 6) is -2.20. The summed E-state index contributed by atoms with van der Waals surface area (Å²) in [6.07, 6.45) is 1.46. The van der Waals surface area contributed by atoms with E-state index in [0.717, 1.165) is 23.9 Å². The van der Waals surface area contributed by atoms with E-state index in [0.29, 0.717) is 15.8 Å². The lowest BCUT2D eigenvalue weighted by atomic mass is 10.2. The quantitative estimate of drug-likeness (QED) is 0.831. The zero-order valence-corrected chi connectivity index (χ0v) is 10.1. The monoisotopic (exact) mass is 268 g/mol. The Morgan fingerprint density at radius 3 is 2.83 bits per heavy atom. The van der Waals surface area contributed by atoms with Crippen LogP contribution in [0, 0.1) is 12.7 Å². The summed E-state index contributed by atoms with van der Waals surface area (Å²) in [4.78, 5) is 15.1. The number of carbonyl (C=O) groups is 1. The molecule has 0 fully saturated rings. The number of rotatable bonds is 3. The van der Waals surface area contributed by atoms with Gasteiger partial charge in [-0.2, -0.15) is 0 Å². The fraction of sp³-hybridized carbons (Fsp3) is 0.0909. The van der Waals surface area contributed by atoms with Gasteiger partial charge in [0.05, 0.1) is 11.3 Å². The minimum absolute atomic E-state index is 0.162. The highest BCUT2D eigenvalue weighted by Gasteiger charge is 2.15. The molecule has 0 aliphatic heterocycles. The fourth-order valence-electron chi connectivity index (χ4n) is 1.30. The molecular formula is C11H9FN2O3S. The average Bonchev–Trinajstić information content (AvgIpc) is 2.68. The minimum atomic E-state index is -1.36. The van der Waals surface area contributed by atoms with E-state index in [1.54, 1.807) is 6.92 Å². The topological polar surface area (TPSA) is 89.3 Å². The first-order valence-corrected chi connectivity index (χ1v) is 5.71. The van der Waals surface area contributed by atoms with Gasteiger partial charge < -0.3 is 15.3 Å². The molecule has 2 rings (SSSR count). The van der Waals surface area contributed by atoms with Gasteiger partial charge in [0.25, 0.3) is 5.22 Å². The Labute approximate surface area is 106 Å².